The molecule has 0 aliphatic carbocycles. The maximum absolute atomic E-state index is 12.7. The molecular formula is C9H5F2NO. The van der Waals surface area contributed by atoms with Crippen LogP contribution in [0.5, 0.6) is 0 Å². The van der Waals surface area contributed by atoms with Crippen molar-refractivity contribution in [1.82, 2.24) is 4.98 Å². The molecule has 0 saturated carbocycles. The second-order valence-corrected chi connectivity index (χ2v) is 2.47. The molecule has 13 heavy (non-hydrogen) atoms. The van der Waals surface area contributed by atoms with Gasteiger partial charge >= 0.3 is 0 Å². The molecule has 2 aromatic rings. The molecule has 0 N–H and O–H groups in total. The molecule has 0 aliphatic heterocycles. The second kappa shape index (κ2) is 2.97. The highest BCUT2D eigenvalue weighted by Gasteiger charge is 2.06. The Kier molecular flexibility index (Phi) is 1.81. The molecule has 1 aromatic heterocycles. The molecule has 1 heterocycles. The molecule has 0 amide bonds. The zero-order valence-electron chi connectivity index (χ0n) is 6.50. The van der Waals surface area contributed by atoms with Crippen LogP contribution in [-0.2, 0) is 0 Å². The number of benzene rings is 1. The van der Waals surface area contributed by atoms with Crippen LogP contribution in [0.3, 0.4) is 0 Å². The quantitative estimate of drug-likeness (QED) is 0.675. The molecule has 1 aromatic carbocycles. The zero-order valence-corrected chi connectivity index (χ0v) is 6.50. The summed E-state index contributed by atoms with van der Waals surface area (Å²) in [5.41, 5.74) is 0.420. The van der Waals surface area contributed by atoms with Crippen molar-refractivity contribution in [1.29, 1.82) is 0 Å². The first kappa shape index (κ1) is 7.91. The van der Waals surface area contributed by atoms with Crippen molar-refractivity contribution in [3.05, 3.63) is 42.3 Å². The Morgan fingerprint density at radius 2 is 2.00 bits per heavy atom. The maximum atomic E-state index is 12.7. The SMILES string of the molecule is Fc1ccc(-c2ncco2)cc1F. The summed E-state index contributed by atoms with van der Waals surface area (Å²) in [6.07, 6.45) is 2.81. The largest absolute Gasteiger partial charge is 0.445 e. The van der Waals surface area contributed by atoms with Crippen molar-refractivity contribution in [3.63, 3.8) is 0 Å². The molecule has 2 nitrogen and oxygen atoms in total. The summed E-state index contributed by atoms with van der Waals surface area (Å²) in [6, 6.07) is 3.49. The standard InChI is InChI=1S/C9H5F2NO/c10-7-2-1-6(5-8(7)11)9-12-3-4-13-9/h1-5H. The molecule has 0 aliphatic rings. The van der Waals surface area contributed by atoms with Crippen molar-refractivity contribution >= 4 is 0 Å². The van der Waals surface area contributed by atoms with Gasteiger partial charge in [0.15, 0.2) is 11.6 Å². The summed E-state index contributed by atoms with van der Waals surface area (Å²) in [6.45, 7) is 0. The predicted octanol–water partition coefficient (Wildman–Crippen LogP) is 2.62. The van der Waals surface area contributed by atoms with Crippen molar-refractivity contribution in [2.24, 2.45) is 0 Å². The number of nitrogens with zero attached hydrogens (tertiary/aromatic N) is 1. The van der Waals surface area contributed by atoms with E-state index < -0.39 is 11.6 Å². The molecule has 0 spiro atoms. The zero-order chi connectivity index (χ0) is 9.26. The third-order valence-electron chi connectivity index (χ3n) is 1.60. The van der Waals surface area contributed by atoms with Gasteiger partial charge in [-0.1, -0.05) is 0 Å². The van der Waals surface area contributed by atoms with E-state index in [0.29, 0.717) is 5.56 Å². The van der Waals surface area contributed by atoms with Crippen LogP contribution in [-0.4, -0.2) is 4.98 Å². The van der Waals surface area contributed by atoms with Gasteiger partial charge in [0.05, 0.1) is 6.20 Å². The van der Waals surface area contributed by atoms with E-state index in [2.05, 4.69) is 4.98 Å². The summed E-state index contributed by atoms with van der Waals surface area (Å²) in [5.74, 6) is -1.51. The van der Waals surface area contributed by atoms with Crippen LogP contribution < -0.4 is 0 Å². The van der Waals surface area contributed by atoms with E-state index in [0.717, 1.165) is 12.1 Å². The van der Waals surface area contributed by atoms with E-state index in [-0.39, 0.29) is 5.89 Å². The van der Waals surface area contributed by atoms with Crippen LogP contribution in [0.1, 0.15) is 0 Å². The van der Waals surface area contributed by atoms with Crippen LogP contribution in [0.4, 0.5) is 8.78 Å². The first-order valence-corrected chi connectivity index (χ1v) is 3.62. The molecule has 0 unspecified atom stereocenters. The van der Waals surface area contributed by atoms with Gasteiger partial charge in [-0.05, 0) is 18.2 Å². The molecule has 0 radical (unpaired) electrons. The summed E-state index contributed by atoms with van der Waals surface area (Å²) < 4.78 is 30.2. The predicted molar refractivity (Wildman–Crippen MR) is 41.9 cm³/mol. The normalized spacial score (nSPS) is 10.3. The van der Waals surface area contributed by atoms with E-state index in [1.54, 1.807) is 0 Å². The molecule has 0 fully saturated rings. The van der Waals surface area contributed by atoms with Crippen LogP contribution in [0.25, 0.3) is 11.5 Å². The second-order valence-electron chi connectivity index (χ2n) is 2.47. The highest BCUT2D eigenvalue weighted by atomic mass is 19.2. The Balaban J connectivity index is 2.49. The lowest BCUT2D eigenvalue weighted by Crippen LogP contribution is -1.84. The van der Waals surface area contributed by atoms with E-state index in [4.69, 9.17) is 4.42 Å². The summed E-state index contributed by atoms with van der Waals surface area (Å²) in [7, 11) is 0. The third kappa shape index (κ3) is 1.42. The minimum Gasteiger partial charge on any atom is -0.445 e. The lowest BCUT2D eigenvalue weighted by Gasteiger charge is -1.95. The molecule has 0 bridgehead atoms. The average molecular weight is 181 g/mol. The Morgan fingerprint density at radius 3 is 2.62 bits per heavy atom. The van der Waals surface area contributed by atoms with Gasteiger partial charge in [-0.25, -0.2) is 13.8 Å². The Hall–Kier alpha value is -1.71. The van der Waals surface area contributed by atoms with E-state index in [1.165, 1.54) is 18.5 Å². The van der Waals surface area contributed by atoms with E-state index >= 15 is 0 Å². The fourth-order valence-corrected chi connectivity index (χ4v) is 0.995. The lowest BCUT2D eigenvalue weighted by molar-refractivity contribution is 0.507. The monoisotopic (exact) mass is 181 g/mol. The molecule has 0 saturated heterocycles. The van der Waals surface area contributed by atoms with Crippen LogP contribution in [0, 0.1) is 11.6 Å². The summed E-state index contributed by atoms with van der Waals surface area (Å²) in [4.78, 5) is 3.80. The molecule has 2 rings (SSSR count). The van der Waals surface area contributed by atoms with Crippen molar-refractivity contribution < 1.29 is 13.2 Å². The fourth-order valence-electron chi connectivity index (χ4n) is 0.995. The van der Waals surface area contributed by atoms with Crippen molar-refractivity contribution in [3.8, 4) is 11.5 Å². The smallest absolute Gasteiger partial charge is 0.225 e. The number of rotatable bonds is 1. The van der Waals surface area contributed by atoms with Crippen LogP contribution >= 0.6 is 0 Å². The van der Waals surface area contributed by atoms with Gasteiger partial charge in [0.1, 0.15) is 6.26 Å². The van der Waals surface area contributed by atoms with E-state index in [1.807, 2.05) is 0 Å². The lowest BCUT2D eigenvalue weighted by atomic mass is 10.2. The highest BCUT2D eigenvalue weighted by Crippen LogP contribution is 2.19. The van der Waals surface area contributed by atoms with Gasteiger partial charge in [0.25, 0.3) is 0 Å². The van der Waals surface area contributed by atoms with Gasteiger partial charge in [-0.15, -0.1) is 0 Å². The number of hydrogen-bond donors (Lipinski definition) is 0. The first-order chi connectivity index (χ1) is 6.27. The van der Waals surface area contributed by atoms with Gasteiger partial charge in [0.2, 0.25) is 5.89 Å². The maximum Gasteiger partial charge on any atom is 0.225 e. The summed E-state index contributed by atoms with van der Waals surface area (Å²) >= 11 is 0. The fraction of sp³-hybridized carbons (Fsp3) is 0. The molecular weight excluding hydrogens is 176 g/mol. The number of oxazole rings is 1. The molecule has 66 valence electrons. The van der Waals surface area contributed by atoms with Gasteiger partial charge in [-0.3, -0.25) is 0 Å². The van der Waals surface area contributed by atoms with E-state index in [9.17, 15) is 8.78 Å². The average Bonchev–Trinajstić information content (AvgIpc) is 2.62. The highest BCUT2D eigenvalue weighted by molar-refractivity contribution is 5.52. The minimum atomic E-state index is -0.907. The topological polar surface area (TPSA) is 26.0 Å². The van der Waals surface area contributed by atoms with Crippen LogP contribution in [0.15, 0.2) is 35.1 Å². The molecule has 0 atom stereocenters. The van der Waals surface area contributed by atoms with Gasteiger partial charge in [-0.2, -0.15) is 0 Å². The van der Waals surface area contributed by atoms with Crippen molar-refractivity contribution in [2.75, 3.05) is 0 Å². The van der Waals surface area contributed by atoms with Gasteiger partial charge in [0, 0.05) is 5.56 Å². The Labute approximate surface area is 72.8 Å². The minimum absolute atomic E-state index is 0.277. The summed E-state index contributed by atoms with van der Waals surface area (Å²) in [5, 5.41) is 0. The number of aromatic nitrogens is 1. The Morgan fingerprint density at radius 1 is 1.15 bits per heavy atom. The van der Waals surface area contributed by atoms with Gasteiger partial charge < -0.3 is 4.42 Å². The third-order valence-corrected chi connectivity index (χ3v) is 1.60. The number of hydrogen-bond acceptors (Lipinski definition) is 2. The molecule has 4 heteroatoms. The number of halogens is 2. The first-order valence-electron chi connectivity index (χ1n) is 3.62. The Bertz CT molecular complexity index is 412. The van der Waals surface area contributed by atoms with Crippen molar-refractivity contribution in [2.45, 2.75) is 0 Å². The van der Waals surface area contributed by atoms with Crippen LogP contribution in [0.2, 0.25) is 0 Å².